The lowest BCUT2D eigenvalue weighted by molar-refractivity contribution is -0.132. The Balaban J connectivity index is 1.85. The minimum atomic E-state index is -4.20. The standard InChI is InChI=1S/C18H23F3N4O/c1-3-22-17(24-11-9-18(19,20)21)23-10-8-15-12-26-16(25-15)14-6-4-13(2)5-7-14/h4-7,12H,3,8-11H2,1-2H3,(H2,22,23,24). The van der Waals surface area contributed by atoms with Gasteiger partial charge in [-0.25, -0.2) is 4.98 Å². The molecule has 0 bridgehead atoms. The summed E-state index contributed by atoms with van der Waals surface area (Å²) in [4.78, 5) is 8.35. The zero-order valence-electron chi connectivity index (χ0n) is 14.9. The fourth-order valence-electron chi connectivity index (χ4n) is 2.20. The predicted octanol–water partition coefficient (Wildman–Crippen LogP) is 3.70. The Labute approximate surface area is 150 Å². The van der Waals surface area contributed by atoms with Crippen LogP contribution in [0.5, 0.6) is 0 Å². The molecule has 0 unspecified atom stereocenters. The van der Waals surface area contributed by atoms with E-state index in [2.05, 4.69) is 20.6 Å². The fourth-order valence-corrected chi connectivity index (χ4v) is 2.20. The number of guanidine groups is 1. The van der Waals surface area contributed by atoms with Gasteiger partial charge in [0, 0.05) is 25.1 Å². The summed E-state index contributed by atoms with van der Waals surface area (Å²) in [7, 11) is 0. The minimum Gasteiger partial charge on any atom is -0.444 e. The molecule has 1 aromatic heterocycles. The van der Waals surface area contributed by atoms with Crippen LogP contribution in [0.4, 0.5) is 13.2 Å². The summed E-state index contributed by atoms with van der Waals surface area (Å²) in [5, 5.41) is 5.92. The minimum absolute atomic E-state index is 0.305. The van der Waals surface area contributed by atoms with Crippen molar-refractivity contribution < 1.29 is 17.6 Å². The Morgan fingerprint density at radius 2 is 1.92 bits per heavy atom. The Hall–Kier alpha value is -2.51. The van der Waals surface area contributed by atoms with E-state index in [1.807, 2.05) is 38.1 Å². The van der Waals surface area contributed by atoms with E-state index < -0.39 is 12.6 Å². The van der Waals surface area contributed by atoms with Gasteiger partial charge in [0.2, 0.25) is 5.89 Å². The van der Waals surface area contributed by atoms with Gasteiger partial charge < -0.3 is 15.1 Å². The summed E-state index contributed by atoms with van der Waals surface area (Å²) in [6.45, 7) is 4.61. The van der Waals surface area contributed by atoms with Crippen LogP contribution in [-0.4, -0.2) is 36.8 Å². The van der Waals surface area contributed by atoms with Crippen molar-refractivity contribution in [3.63, 3.8) is 0 Å². The molecular weight excluding hydrogens is 345 g/mol. The van der Waals surface area contributed by atoms with Crippen molar-refractivity contribution in [1.82, 2.24) is 15.6 Å². The molecule has 0 amide bonds. The Morgan fingerprint density at radius 1 is 1.19 bits per heavy atom. The number of nitrogens with zero attached hydrogens (tertiary/aromatic N) is 2. The molecule has 1 heterocycles. The Kier molecular flexibility index (Phi) is 7.06. The van der Waals surface area contributed by atoms with Crippen LogP contribution in [0.3, 0.4) is 0 Å². The summed E-state index contributed by atoms with van der Waals surface area (Å²) in [6.07, 6.45) is -2.98. The van der Waals surface area contributed by atoms with E-state index in [1.54, 1.807) is 6.26 Å². The first-order valence-electron chi connectivity index (χ1n) is 8.48. The number of hydrogen-bond acceptors (Lipinski definition) is 3. The monoisotopic (exact) mass is 368 g/mol. The SMILES string of the molecule is CCNC(=NCCC(F)(F)F)NCCc1coc(-c2ccc(C)cc2)n1. The van der Waals surface area contributed by atoms with E-state index in [0.29, 0.717) is 31.4 Å². The van der Waals surface area contributed by atoms with E-state index in [4.69, 9.17) is 4.42 Å². The van der Waals surface area contributed by atoms with E-state index in [1.165, 1.54) is 0 Å². The van der Waals surface area contributed by atoms with Crippen LogP contribution in [-0.2, 0) is 6.42 Å². The molecule has 26 heavy (non-hydrogen) atoms. The van der Waals surface area contributed by atoms with Gasteiger partial charge in [0.1, 0.15) is 6.26 Å². The normalized spacial score (nSPS) is 12.3. The molecule has 0 aliphatic carbocycles. The topological polar surface area (TPSA) is 62.5 Å². The number of rotatable bonds is 7. The van der Waals surface area contributed by atoms with Crippen molar-refractivity contribution in [3.8, 4) is 11.5 Å². The largest absolute Gasteiger partial charge is 0.444 e. The van der Waals surface area contributed by atoms with Crippen LogP contribution in [0.25, 0.3) is 11.5 Å². The number of aryl methyl sites for hydroxylation is 1. The smallest absolute Gasteiger partial charge is 0.390 e. The maximum Gasteiger partial charge on any atom is 0.390 e. The van der Waals surface area contributed by atoms with Gasteiger partial charge in [0.05, 0.1) is 18.7 Å². The molecule has 5 nitrogen and oxygen atoms in total. The summed E-state index contributed by atoms with van der Waals surface area (Å²) < 4.78 is 42.1. The van der Waals surface area contributed by atoms with Crippen molar-refractivity contribution in [2.24, 2.45) is 4.99 Å². The number of hydrogen-bond donors (Lipinski definition) is 2. The van der Waals surface area contributed by atoms with Gasteiger partial charge in [-0.05, 0) is 26.0 Å². The van der Waals surface area contributed by atoms with Crippen LogP contribution in [0.1, 0.15) is 24.6 Å². The molecule has 0 fully saturated rings. The average Bonchev–Trinajstić information content (AvgIpc) is 3.03. The summed E-state index contributed by atoms with van der Waals surface area (Å²) in [5.41, 5.74) is 2.82. The predicted molar refractivity (Wildman–Crippen MR) is 95.0 cm³/mol. The molecule has 2 rings (SSSR count). The van der Waals surface area contributed by atoms with Gasteiger partial charge in [0.15, 0.2) is 5.96 Å². The lowest BCUT2D eigenvalue weighted by atomic mass is 10.1. The quantitative estimate of drug-likeness (QED) is 0.578. The van der Waals surface area contributed by atoms with Gasteiger partial charge in [-0.2, -0.15) is 13.2 Å². The van der Waals surface area contributed by atoms with E-state index in [9.17, 15) is 13.2 Å². The van der Waals surface area contributed by atoms with Crippen LogP contribution < -0.4 is 10.6 Å². The first-order chi connectivity index (χ1) is 12.4. The number of halogens is 3. The first-order valence-corrected chi connectivity index (χ1v) is 8.48. The number of aliphatic imine (C=N–C) groups is 1. The van der Waals surface area contributed by atoms with E-state index in [-0.39, 0.29) is 6.54 Å². The molecule has 0 atom stereocenters. The number of oxazole rings is 1. The molecule has 0 aliphatic heterocycles. The molecular formula is C18H23F3N4O. The third kappa shape index (κ3) is 6.78. The first kappa shape index (κ1) is 19.8. The second-order valence-corrected chi connectivity index (χ2v) is 5.81. The second kappa shape index (κ2) is 9.26. The zero-order valence-corrected chi connectivity index (χ0v) is 14.9. The third-order valence-electron chi connectivity index (χ3n) is 3.53. The van der Waals surface area contributed by atoms with Gasteiger partial charge in [-0.15, -0.1) is 0 Å². The van der Waals surface area contributed by atoms with Crippen LogP contribution in [0.15, 0.2) is 39.9 Å². The van der Waals surface area contributed by atoms with Crippen LogP contribution in [0.2, 0.25) is 0 Å². The maximum absolute atomic E-state index is 12.2. The number of benzene rings is 1. The third-order valence-corrected chi connectivity index (χ3v) is 3.53. The Bertz CT molecular complexity index is 708. The molecule has 0 spiro atoms. The molecule has 0 saturated carbocycles. The molecule has 8 heteroatoms. The lowest BCUT2D eigenvalue weighted by Crippen LogP contribution is -2.38. The zero-order chi connectivity index (χ0) is 19.0. The van der Waals surface area contributed by atoms with Crippen molar-refractivity contribution >= 4 is 5.96 Å². The molecule has 2 N–H and O–H groups in total. The van der Waals surface area contributed by atoms with Gasteiger partial charge in [0.25, 0.3) is 0 Å². The number of alkyl halides is 3. The molecule has 142 valence electrons. The Morgan fingerprint density at radius 3 is 2.58 bits per heavy atom. The summed E-state index contributed by atoms with van der Waals surface area (Å²) in [5.74, 6) is 0.907. The average molecular weight is 368 g/mol. The summed E-state index contributed by atoms with van der Waals surface area (Å²) >= 11 is 0. The highest BCUT2D eigenvalue weighted by atomic mass is 19.4. The van der Waals surface area contributed by atoms with Crippen molar-refractivity contribution in [3.05, 3.63) is 41.8 Å². The van der Waals surface area contributed by atoms with Crippen molar-refractivity contribution in [2.45, 2.75) is 32.9 Å². The molecule has 0 saturated heterocycles. The maximum atomic E-state index is 12.2. The van der Waals surface area contributed by atoms with Crippen LogP contribution >= 0.6 is 0 Å². The van der Waals surface area contributed by atoms with Gasteiger partial charge in [-0.1, -0.05) is 17.7 Å². The second-order valence-electron chi connectivity index (χ2n) is 5.81. The van der Waals surface area contributed by atoms with E-state index in [0.717, 1.165) is 16.8 Å². The van der Waals surface area contributed by atoms with E-state index >= 15 is 0 Å². The molecule has 0 aliphatic rings. The molecule has 2 aromatic rings. The highest BCUT2D eigenvalue weighted by Gasteiger charge is 2.26. The lowest BCUT2D eigenvalue weighted by Gasteiger charge is -2.11. The van der Waals surface area contributed by atoms with Gasteiger partial charge in [-0.3, -0.25) is 4.99 Å². The van der Waals surface area contributed by atoms with Crippen LogP contribution in [0, 0.1) is 6.92 Å². The van der Waals surface area contributed by atoms with Gasteiger partial charge >= 0.3 is 6.18 Å². The highest BCUT2D eigenvalue weighted by Crippen LogP contribution is 2.19. The molecule has 0 radical (unpaired) electrons. The molecule has 1 aromatic carbocycles. The van der Waals surface area contributed by atoms with Crippen molar-refractivity contribution in [2.75, 3.05) is 19.6 Å². The van der Waals surface area contributed by atoms with Crippen molar-refractivity contribution in [1.29, 1.82) is 0 Å². The fraction of sp³-hybridized carbons (Fsp3) is 0.444. The number of aromatic nitrogens is 1. The summed E-state index contributed by atoms with van der Waals surface area (Å²) in [6, 6.07) is 7.86. The number of nitrogens with one attached hydrogen (secondary N) is 2. The highest BCUT2D eigenvalue weighted by molar-refractivity contribution is 5.79.